The highest BCUT2D eigenvalue weighted by Crippen LogP contribution is 2.49. The third-order valence-corrected chi connectivity index (χ3v) is 12.6. The Hall–Kier alpha value is -7.00. The molecule has 0 atom stereocenters. The van der Waals surface area contributed by atoms with Crippen LogP contribution in [0.3, 0.4) is 0 Å². The smallest absolute Gasteiger partial charge is 0.258 e. The van der Waals surface area contributed by atoms with Crippen LogP contribution in [0.25, 0.3) is 77.4 Å². The highest BCUT2D eigenvalue weighted by molar-refractivity contribution is 7.16. The number of nitrogens with one attached hydrogen (secondary N) is 2. The first kappa shape index (κ1) is 32.4. The Morgan fingerprint density at radius 1 is 0.482 bits per heavy atom. The molecule has 8 heteroatoms. The van der Waals surface area contributed by atoms with Crippen LogP contribution in [0.4, 0.5) is 0 Å². The molecule has 2 aliphatic heterocycles. The Kier molecular flexibility index (Phi) is 7.42. The SMILES string of the molecule is O=C1NC(c2ccc(-c3cc4c(-c5ccccc5)c5c(ccn5-c5ccccc5)c(-c5ccccc5)c4n3-c3ccccc3)s2)=C2C(=O)NC(c3cccs3)=C12. The first-order valence-electron chi connectivity index (χ1n) is 18.3. The van der Waals surface area contributed by atoms with Gasteiger partial charge >= 0.3 is 0 Å². The van der Waals surface area contributed by atoms with Gasteiger partial charge in [-0.05, 0) is 71.1 Å². The maximum Gasteiger partial charge on any atom is 0.258 e. The zero-order valence-corrected chi connectivity index (χ0v) is 31.3. The molecule has 0 unspecified atom stereocenters. The van der Waals surface area contributed by atoms with E-state index in [0.29, 0.717) is 22.5 Å². The fourth-order valence-corrected chi connectivity index (χ4v) is 10.0. The highest BCUT2D eigenvalue weighted by Gasteiger charge is 2.41. The predicted molar refractivity (Wildman–Crippen MR) is 229 cm³/mol. The lowest BCUT2D eigenvalue weighted by molar-refractivity contribution is -0.117. The van der Waals surface area contributed by atoms with Gasteiger partial charge in [0.05, 0.1) is 53.9 Å². The molecule has 56 heavy (non-hydrogen) atoms. The molecular weight excluding hydrogens is 729 g/mol. The Morgan fingerprint density at radius 2 is 1.04 bits per heavy atom. The second kappa shape index (κ2) is 12.8. The lowest BCUT2D eigenvalue weighted by atomic mass is 9.92. The third kappa shape index (κ3) is 4.93. The Labute approximate surface area is 329 Å². The summed E-state index contributed by atoms with van der Waals surface area (Å²) >= 11 is 3.07. The molecule has 0 aliphatic carbocycles. The minimum absolute atomic E-state index is 0.268. The van der Waals surface area contributed by atoms with Gasteiger partial charge in [0.15, 0.2) is 0 Å². The summed E-state index contributed by atoms with van der Waals surface area (Å²) in [4.78, 5) is 29.7. The first-order valence-corrected chi connectivity index (χ1v) is 20.0. The summed E-state index contributed by atoms with van der Waals surface area (Å²) in [5.74, 6) is -0.536. The van der Waals surface area contributed by atoms with Crippen molar-refractivity contribution in [2.45, 2.75) is 0 Å². The Balaban J connectivity index is 1.23. The van der Waals surface area contributed by atoms with Crippen molar-refractivity contribution in [3.8, 4) is 44.2 Å². The quantitative estimate of drug-likeness (QED) is 0.170. The molecule has 0 spiro atoms. The van der Waals surface area contributed by atoms with E-state index in [1.807, 2.05) is 29.6 Å². The molecule has 0 fully saturated rings. The molecule has 0 saturated carbocycles. The third-order valence-electron chi connectivity index (χ3n) is 10.6. The predicted octanol–water partition coefficient (Wildman–Crippen LogP) is 11.1. The van der Waals surface area contributed by atoms with Crippen molar-refractivity contribution in [1.29, 1.82) is 0 Å². The molecule has 4 aromatic heterocycles. The fourth-order valence-electron chi connectivity index (χ4n) is 8.30. The summed E-state index contributed by atoms with van der Waals surface area (Å²) in [5.41, 5.74) is 11.8. The molecule has 2 aliphatic rings. The molecule has 0 bridgehead atoms. The van der Waals surface area contributed by atoms with E-state index in [4.69, 9.17) is 0 Å². The normalized spacial score (nSPS) is 13.9. The summed E-state index contributed by atoms with van der Waals surface area (Å²) < 4.78 is 4.69. The lowest BCUT2D eigenvalue weighted by Crippen LogP contribution is -2.20. The van der Waals surface area contributed by atoms with E-state index in [2.05, 4.69) is 159 Å². The summed E-state index contributed by atoms with van der Waals surface area (Å²) in [7, 11) is 0. The zero-order chi connectivity index (χ0) is 37.3. The molecule has 2 N–H and O–H groups in total. The number of carbonyl (C=O) groups is 2. The molecule has 6 nitrogen and oxygen atoms in total. The molecule has 11 rings (SSSR count). The van der Waals surface area contributed by atoms with Crippen LogP contribution >= 0.6 is 22.7 Å². The average molecular weight is 759 g/mol. The number of nitrogens with zero attached hydrogens (tertiary/aromatic N) is 2. The number of fused-ring (bicyclic) bond motifs is 3. The standard InChI is InChI=1S/C48H30N4O2S2/c53-47-41-42(48(54)49-43(41)37-22-13-27-55-37)44(50-47)38-24-23-36(56-38)35-28-34-40(30-16-7-2-8-17-30)45-33(25-26-51(45)31-18-9-3-10-19-31)39(29-14-5-1-6-15-29)46(34)52(35)32-20-11-4-12-21-32/h1-28H,(H,49,54)(H,50,53). The number of carbonyl (C=O) groups excluding carboxylic acids is 2. The summed E-state index contributed by atoms with van der Waals surface area (Å²) in [6, 6.07) is 54.9. The number of aromatic nitrogens is 2. The zero-order valence-electron chi connectivity index (χ0n) is 29.7. The molecule has 0 saturated heterocycles. The van der Waals surface area contributed by atoms with Gasteiger partial charge in [0.25, 0.3) is 11.8 Å². The van der Waals surface area contributed by atoms with Crippen LogP contribution in [0.2, 0.25) is 0 Å². The summed E-state index contributed by atoms with van der Waals surface area (Å²) in [6.45, 7) is 0. The number of hydrogen-bond donors (Lipinski definition) is 2. The molecular formula is C48H30N4O2S2. The molecule has 9 aromatic rings. The highest BCUT2D eigenvalue weighted by atomic mass is 32.1. The van der Waals surface area contributed by atoms with Crippen molar-refractivity contribution in [1.82, 2.24) is 19.8 Å². The van der Waals surface area contributed by atoms with Gasteiger partial charge in [-0.1, -0.05) is 103 Å². The maximum atomic E-state index is 13.5. The molecule has 0 radical (unpaired) electrons. The number of hydrogen-bond acceptors (Lipinski definition) is 4. The molecule has 6 heterocycles. The van der Waals surface area contributed by atoms with Gasteiger partial charge in [0.2, 0.25) is 0 Å². The van der Waals surface area contributed by atoms with E-state index in [1.165, 1.54) is 11.3 Å². The van der Waals surface area contributed by atoms with Gasteiger partial charge < -0.3 is 19.8 Å². The molecule has 266 valence electrons. The van der Waals surface area contributed by atoms with Crippen LogP contribution < -0.4 is 10.6 Å². The van der Waals surface area contributed by atoms with E-state index in [0.717, 1.165) is 75.8 Å². The van der Waals surface area contributed by atoms with Crippen molar-refractivity contribution in [3.63, 3.8) is 0 Å². The number of benzene rings is 5. The largest absolute Gasteiger partial charge is 0.320 e. The van der Waals surface area contributed by atoms with E-state index in [9.17, 15) is 9.59 Å². The minimum atomic E-state index is -0.268. The second-order valence-electron chi connectivity index (χ2n) is 13.8. The van der Waals surface area contributed by atoms with Gasteiger partial charge in [-0.15, -0.1) is 22.7 Å². The van der Waals surface area contributed by atoms with Gasteiger partial charge in [-0.25, -0.2) is 0 Å². The van der Waals surface area contributed by atoms with Crippen molar-refractivity contribution < 1.29 is 9.59 Å². The van der Waals surface area contributed by atoms with Crippen LogP contribution in [0, 0.1) is 0 Å². The van der Waals surface area contributed by atoms with Gasteiger partial charge in [-0.3, -0.25) is 9.59 Å². The van der Waals surface area contributed by atoms with E-state index in [-0.39, 0.29) is 11.8 Å². The number of amides is 2. The summed E-state index contributed by atoms with van der Waals surface area (Å²) in [5, 5.41) is 10.2. The first-order chi connectivity index (χ1) is 27.6. The van der Waals surface area contributed by atoms with Crippen LogP contribution in [0.1, 0.15) is 9.75 Å². The number of para-hydroxylation sites is 2. The van der Waals surface area contributed by atoms with E-state index >= 15 is 0 Å². The average Bonchev–Trinajstić information content (AvgIpc) is 4.11. The monoisotopic (exact) mass is 758 g/mol. The molecule has 2 amide bonds. The molecule has 5 aromatic carbocycles. The Bertz CT molecular complexity index is 3040. The van der Waals surface area contributed by atoms with Crippen molar-refractivity contribution in [2.24, 2.45) is 0 Å². The summed E-state index contributed by atoms with van der Waals surface area (Å²) in [6.07, 6.45) is 2.19. The maximum absolute atomic E-state index is 13.5. The van der Waals surface area contributed by atoms with Crippen molar-refractivity contribution in [3.05, 3.63) is 190 Å². The van der Waals surface area contributed by atoms with E-state index < -0.39 is 0 Å². The van der Waals surface area contributed by atoms with Crippen LogP contribution in [0.15, 0.2) is 180 Å². The fraction of sp³-hybridized carbons (Fsp3) is 0. The van der Waals surface area contributed by atoms with Gasteiger partial charge in [-0.2, -0.15) is 0 Å². The van der Waals surface area contributed by atoms with Crippen LogP contribution in [-0.2, 0) is 9.59 Å². The number of rotatable bonds is 7. The van der Waals surface area contributed by atoms with Gasteiger partial charge in [0.1, 0.15) is 0 Å². The topological polar surface area (TPSA) is 68.1 Å². The van der Waals surface area contributed by atoms with E-state index in [1.54, 1.807) is 11.3 Å². The van der Waals surface area contributed by atoms with Crippen LogP contribution in [-0.4, -0.2) is 20.9 Å². The van der Waals surface area contributed by atoms with Crippen molar-refractivity contribution in [2.75, 3.05) is 0 Å². The Morgan fingerprint density at radius 3 is 1.64 bits per heavy atom. The van der Waals surface area contributed by atoms with Gasteiger partial charge in [0, 0.05) is 39.5 Å². The number of thiophene rings is 2. The lowest BCUT2D eigenvalue weighted by Gasteiger charge is -2.18. The second-order valence-corrected chi connectivity index (χ2v) is 15.8. The minimum Gasteiger partial charge on any atom is -0.320 e. The van der Waals surface area contributed by atoms with Crippen molar-refractivity contribution >= 4 is 67.7 Å². The van der Waals surface area contributed by atoms with Crippen LogP contribution in [0.5, 0.6) is 0 Å².